The summed E-state index contributed by atoms with van der Waals surface area (Å²) in [6.45, 7) is 10.2. The van der Waals surface area contributed by atoms with Crippen LogP contribution in [0.2, 0.25) is 0 Å². The first-order valence-electron chi connectivity index (χ1n) is 12.8. The second kappa shape index (κ2) is 9.74. The van der Waals surface area contributed by atoms with E-state index in [9.17, 15) is 4.79 Å². The van der Waals surface area contributed by atoms with Crippen LogP contribution in [0.1, 0.15) is 49.6 Å². The quantitative estimate of drug-likeness (QED) is 0.301. The van der Waals surface area contributed by atoms with Gasteiger partial charge in [-0.3, -0.25) is 4.79 Å². The van der Waals surface area contributed by atoms with Gasteiger partial charge < -0.3 is 14.2 Å². The van der Waals surface area contributed by atoms with E-state index in [0.717, 1.165) is 28.7 Å². The number of halogens is 1. The van der Waals surface area contributed by atoms with Gasteiger partial charge in [-0.15, -0.1) is 5.10 Å². The van der Waals surface area contributed by atoms with E-state index in [1.54, 1.807) is 4.52 Å². The smallest absolute Gasteiger partial charge is 0.310 e. The number of rotatable bonds is 5. The first-order chi connectivity index (χ1) is 18.1. The summed E-state index contributed by atoms with van der Waals surface area (Å²) >= 11 is 0. The average molecular weight is 518 g/mol. The van der Waals surface area contributed by atoms with E-state index in [1.165, 1.54) is 13.2 Å². The molecule has 0 spiro atoms. The van der Waals surface area contributed by atoms with Crippen LogP contribution in [0.4, 0.5) is 4.39 Å². The number of hydrogen-bond donors (Lipinski definition) is 0. The van der Waals surface area contributed by atoms with Crippen molar-refractivity contribution in [3.63, 3.8) is 0 Å². The van der Waals surface area contributed by atoms with Gasteiger partial charge in [0, 0.05) is 22.4 Å². The third-order valence-corrected chi connectivity index (χ3v) is 6.74. The van der Waals surface area contributed by atoms with Crippen LogP contribution in [-0.4, -0.2) is 39.9 Å². The summed E-state index contributed by atoms with van der Waals surface area (Å²) in [7, 11) is 1.35. The molecule has 0 unspecified atom stereocenters. The number of aryl methyl sites for hydroxylation is 1. The summed E-state index contributed by atoms with van der Waals surface area (Å²) in [5, 5.41) is 4.89. The summed E-state index contributed by atoms with van der Waals surface area (Å²) in [4.78, 5) is 17.4. The summed E-state index contributed by atoms with van der Waals surface area (Å²) in [5.41, 5.74) is 5.83. The summed E-state index contributed by atoms with van der Waals surface area (Å²) in [6.07, 6.45) is 1.48. The second-order valence-electron chi connectivity index (χ2n) is 10.6. The van der Waals surface area contributed by atoms with Crippen LogP contribution >= 0.6 is 0 Å². The van der Waals surface area contributed by atoms with Gasteiger partial charge in [0.25, 0.3) is 0 Å². The Morgan fingerprint density at radius 2 is 1.92 bits per heavy atom. The van der Waals surface area contributed by atoms with Gasteiger partial charge in [-0.2, -0.15) is 0 Å². The number of benzene rings is 2. The third-order valence-electron chi connectivity index (χ3n) is 6.74. The number of nitrogens with zero attached hydrogens (tertiary/aromatic N) is 3. The zero-order valence-corrected chi connectivity index (χ0v) is 22.6. The van der Waals surface area contributed by atoms with Gasteiger partial charge in [0.2, 0.25) is 5.88 Å². The minimum atomic E-state index is -0.531. The molecule has 7 nitrogen and oxygen atoms in total. The molecule has 0 saturated carbocycles. The summed E-state index contributed by atoms with van der Waals surface area (Å²) < 4.78 is 34.1. The van der Waals surface area contributed by atoms with E-state index >= 15 is 4.39 Å². The Hall–Kier alpha value is -3.94. The minimum Gasteiger partial charge on any atom is -0.490 e. The largest absolute Gasteiger partial charge is 0.490 e. The number of esters is 1. The standard InChI is InChI=1S/C30H32FN3O4/c1-17-20-13-10-14-37-27(20)23(31)15-21(17)26-22(16-24(35)36-6)18(2)32-28-25(19-11-8-7-9-12-19)29(33-34(26)28)38-30(3,4)5/h7-9,11-12,15H,10,13-14,16H2,1-6H3. The Labute approximate surface area is 221 Å². The molecule has 1 aliphatic heterocycles. The molecule has 0 N–H and O–H groups in total. The van der Waals surface area contributed by atoms with Crippen molar-refractivity contribution in [2.24, 2.45) is 0 Å². The van der Waals surface area contributed by atoms with Crippen LogP contribution in [0, 0.1) is 19.7 Å². The van der Waals surface area contributed by atoms with E-state index in [1.807, 2.05) is 65.0 Å². The second-order valence-corrected chi connectivity index (χ2v) is 10.6. The van der Waals surface area contributed by atoms with Gasteiger partial charge in [-0.1, -0.05) is 30.3 Å². The van der Waals surface area contributed by atoms with Gasteiger partial charge in [-0.25, -0.2) is 13.9 Å². The van der Waals surface area contributed by atoms with Gasteiger partial charge >= 0.3 is 5.97 Å². The predicted molar refractivity (Wildman–Crippen MR) is 143 cm³/mol. The molecule has 0 fully saturated rings. The lowest BCUT2D eigenvalue weighted by molar-refractivity contribution is -0.139. The first-order valence-corrected chi connectivity index (χ1v) is 12.8. The van der Waals surface area contributed by atoms with Crippen LogP contribution in [0.25, 0.3) is 28.0 Å². The highest BCUT2D eigenvalue weighted by Gasteiger charge is 2.29. The highest BCUT2D eigenvalue weighted by atomic mass is 19.1. The molecular formula is C30H32FN3O4. The van der Waals surface area contributed by atoms with Crippen molar-refractivity contribution in [2.45, 2.75) is 59.5 Å². The van der Waals surface area contributed by atoms with Crippen molar-refractivity contribution in [2.75, 3.05) is 13.7 Å². The maximum Gasteiger partial charge on any atom is 0.310 e. The lowest BCUT2D eigenvalue weighted by Crippen LogP contribution is -2.23. The highest BCUT2D eigenvalue weighted by molar-refractivity contribution is 5.86. The Kier molecular flexibility index (Phi) is 6.59. The molecule has 2 aromatic carbocycles. The fourth-order valence-corrected chi connectivity index (χ4v) is 5.00. The molecule has 2 aromatic heterocycles. The van der Waals surface area contributed by atoms with Crippen LogP contribution in [0.3, 0.4) is 0 Å². The molecule has 0 radical (unpaired) electrons. The van der Waals surface area contributed by atoms with Crippen molar-refractivity contribution < 1.29 is 23.4 Å². The van der Waals surface area contributed by atoms with Crippen LogP contribution in [0.5, 0.6) is 11.6 Å². The van der Waals surface area contributed by atoms with Crippen molar-refractivity contribution in [1.29, 1.82) is 0 Å². The number of aromatic nitrogens is 3. The van der Waals surface area contributed by atoms with Crippen LogP contribution in [-0.2, 0) is 22.4 Å². The normalized spacial score (nSPS) is 13.2. The Balaban J connectivity index is 1.90. The molecule has 5 rings (SSSR count). The molecule has 38 heavy (non-hydrogen) atoms. The van der Waals surface area contributed by atoms with E-state index in [-0.39, 0.29) is 6.42 Å². The molecule has 3 heterocycles. The Morgan fingerprint density at radius 3 is 2.61 bits per heavy atom. The number of methoxy groups -OCH3 is 1. The number of fused-ring (bicyclic) bond motifs is 2. The van der Waals surface area contributed by atoms with Gasteiger partial charge in [0.1, 0.15) is 5.60 Å². The topological polar surface area (TPSA) is 75.0 Å². The first kappa shape index (κ1) is 25.7. The van der Waals surface area contributed by atoms with Crippen molar-refractivity contribution in [3.05, 3.63) is 64.6 Å². The van der Waals surface area contributed by atoms with E-state index in [2.05, 4.69) is 0 Å². The molecule has 0 aliphatic carbocycles. The Bertz CT molecular complexity index is 1540. The molecule has 0 bridgehead atoms. The number of hydrogen-bond acceptors (Lipinski definition) is 6. The minimum absolute atomic E-state index is 0.0365. The molecule has 0 saturated heterocycles. The third kappa shape index (κ3) is 4.59. The monoisotopic (exact) mass is 517 g/mol. The van der Waals surface area contributed by atoms with E-state index in [0.29, 0.717) is 52.8 Å². The molecule has 4 aromatic rings. The van der Waals surface area contributed by atoms with E-state index < -0.39 is 17.4 Å². The summed E-state index contributed by atoms with van der Waals surface area (Å²) in [6, 6.07) is 11.3. The fourth-order valence-electron chi connectivity index (χ4n) is 5.00. The number of carbonyl (C=O) groups excluding carboxylic acids is 1. The molecule has 1 aliphatic rings. The lowest BCUT2D eigenvalue weighted by Gasteiger charge is -2.23. The molecule has 8 heteroatoms. The number of ether oxygens (including phenoxy) is 3. The summed E-state index contributed by atoms with van der Waals surface area (Å²) in [5.74, 6) is -0.146. The van der Waals surface area contributed by atoms with Crippen molar-refractivity contribution >= 4 is 11.6 Å². The SMILES string of the molecule is COC(=O)Cc1c(C)nc2c(-c3ccccc3)c(OC(C)(C)C)nn2c1-c1cc(F)c2c(c1C)CCCO2. The highest BCUT2D eigenvalue weighted by Crippen LogP contribution is 2.42. The van der Waals surface area contributed by atoms with Gasteiger partial charge in [0.05, 0.1) is 31.4 Å². The lowest BCUT2D eigenvalue weighted by atomic mass is 9.91. The van der Waals surface area contributed by atoms with Crippen LogP contribution in [0.15, 0.2) is 36.4 Å². The molecular weight excluding hydrogens is 485 g/mol. The zero-order chi connectivity index (χ0) is 27.2. The maximum atomic E-state index is 15.4. The van der Waals surface area contributed by atoms with Crippen LogP contribution < -0.4 is 9.47 Å². The Morgan fingerprint density at radius 1 is 1.18 bits per heavy atom. The zero-order valence-electron chi connectivity index (χ0n) is 22.6. The molecule has 0 atom stereocenters. The number of carbonyl (C=O) groups is 1. The van der Waals surface area contributed by atoms with E-state index in [4.69, 9.17) is 24.3 Å². The molecule has 0 amide bonds. The predicted octanol–water partition coefficient (Wildman–Crippen LogP) is 6.04. The van der Waals surface area contributed by atoms with Gasteiger partial charge in [0.15, 0.2) is 17.2 Å². The fraction of sp³-hybridized carbons (Fsp3) is 0.367. The maximum absolute atomic E-state index is 15.4. The van der Waals surface area contributed by atoms with Crippen molar-refractivity contribution in [3.8, 4) is 34.0 Å². The van der Waals surface area contributed by atoms with Crippen molar-refractivity contribution in [1.82, 2.24) is 14.6 Å². The molecule has 198 valence electrons. The van der Waals surface area contributed by atoms with Gasteiger partial charge in [-0.05, 0) is 64.7 Å². The average Bonchev–Trinajstić information content (AvgIpc) is 3.22.